The van der Waals surface area contributed by atoms with Crippen LogP contribution in [-0.4, -0.2) is 44.2 Å². The summed E-state index contributed by atoms with van der Waals surface area (Å²) < 4.78 is 11.0. The van der Waals surface area contributed by atoms with E-state index in [0.29, 0.717) is 12.0 Å². The van der Waals surface area contributed by atoms with Crippen LogP contribution in [0.4, 0.5) is 0 Å². The van der Waals surface area contributed by atoms with Gasteiger partial charge < -0.3 is 14.4 Å². The zero-order chi connectivity index (χ0) is 19.9. The van der Waals surface area contributed by atoms with Crippen LogP contribution in [0.5, 0.6) is 5.75 Å². The molecule has 1 aliphatic heterocycles. The Morgan fingerprint density at radius 2 is 1.79 bits per heavy atom. The minimum Gasteiger partial charge on any atom is -0.493 e. The monoisotopic (exact) mass is 391 g/mol. The van der Waals surface area contributed by atoms with E-state index in [-0.39, 0.29) is 11.4 Å². The second-order valence-corrected chi connectivity index (χ2v) is 9.29. The van der Waals surface area contributed by atoms with Crippen LogP contribution in [0.15, 0.2) is 48.5 Å². The van der Waals surface area contributed by atoms with Crippen LogP contribution in [0.3, 0.4) is 0 Å². The highest BCUT2D eigenvalue weighted by Crippen LogP contribution is 2.51. The second kappa shape index (κ2) is 7.17. The molecular formula is C25H29NO3. The number of nitrogens with zero attached hydrogens (tertiary/aromatic N) is 1. The van der Waals surface area contributed by atoms with Crippen molar-refractivity contribution < 1.29 is 14.3 Å². The lowest BCUT2D eigenvalue weighted by Crippen LogP contribution is -2.58. The Morgan fingerprint density at radius 3 is 2.52 bits per heavy atom. The highest BCUT2D eigenvalue weighted by atomic mass is 16.5. The SMILES string of the molecule is COC(=O)C1(CN2CC3(Cc4ccc(OCCc5ccccc5)cc4C3)C2)CC1. The third kappa shape index (κ3) is 3.66. The second-order valence-electron chi connectivity index (χ2n) is 9.29. The molecule has 4 heteroatoms. The molecule has 0 bridgehead atoms. The number of hydrogen-bond donors (Lipinski definition) is 0. The molecule has 0 amide bonds. The lowest BCUT2D eigenvalue weighted by molar-refractivity contribution is -0.149. The highest BCUT2D eigenvalue weighted by Gasteiger charge is 2.56. The van der Waals surface area contributed by atoms with Crippen molar-refractivity contribution in [2.24, 2.45) is 10.8 Å². The highest BCUT2D eigenvalue weighted by molar-refractivity contribution is 5.80. The fourth-order valence-electron chi connectivity index (χ4n) is 5.29. The molecule has 2 aromatic carbocycles. The first-order valence-corrected chi connectivity index (χ1v) is 10.7. The van der Waals surface area contributed by atoms with E-state index >= 15 is 0 Å². The van der Waals surface area contributed by atoms with Gasteiger partial charge in [0.15, 0.2) is 0 Å². The molecule has 1 spiro atoms. The minimum absolute atomic E-state index is 0.0227. The van der Waals surface area contributed by atoms with Gasteiger partial charge in [-0.25, -0.2) is 0 Å². The third-order valence-corrected chi connectivity index (χ3v) is 6.93. The predicted molar refractivity (Wildman–Crippen MR) is 112 cm³/mol. The van der Waals surface area contributed by atoms with E-state index in [9.17, 15) is 4.79 Å². The Hall–Kier alpha value is -2.33. The summed E-state index contributed by atoms with van der Waals surface area (Å²) in [4.78, 5) is 14.5. The zero-order valence-corrected chi connectivity index (χ0v) is 17.2. The van der Waals surface area contributed by atoms with Crippen LogP contribution in [0.2, 0.25) is 0 Å². The average Bonchev–Trinajstić information content (AvgIpc) is 3.39. The molecule has 2 aliphatic carbocycles. The largest absolute Gasteiger partial charge is 0.493 e. The summed E-state index contributed by atoms with van der Waals surface area (Å²) in [6, 6.07) is 17.1. The molecule has 4 nitrogen and oxygen atoms in total. The summed E-state index contributed by atoms with van der Waals surface area (Å²) in [6.07, 6.45) is 5.16. The van der Waals surface area contributed by atoms with Crippen molar-refractivity contribution in [3.05, 3.63) is 65.2 Å². The summed E-state index contributed by atoms with van der Waals surface area (Å²) >= 11 is 0. The fraction of sp³-hybridized carbons (Fsp3) is 0.480. The Morgan fingerprint density at radius 1 is 1.03 bits per heavy atom. The van der Waals surface area contributed by atoms with E-state index in [1.807, 2.05) is 6.07 Å². The third-order valence-electron chi connectivity index (χ3n) is 6.93. The Kier molecular flexibility index (Phi) is 4.62. The van der Waals surface area contributed by atoms with E-state index in [2.05, 4.69) is 47.4 Å². The topological polar surface area (TPSA) is 38.8 Å². The number of fused-ring (bicyclic) bond motifs is 1. The summed E-state index contributed by atoms with van der Waals surface area (Å²) in [7, 11) is 1.51. The molecular weight excluding hydrogens is 362 g/mol. The van der Waals surface area contributed by atoms with E-state index in [1.165, 1.54) is 23.8 Å². The molecule has 1 saturated carbocycles. The van der Waals surface area contributed by atoms with Gasteiger partial charge in [0.1, 0.15) is 5.75 Å². The van der Waals surface area contributed by atoms with Crippen molar-refractivity contribution in [2.75, 3.05) is 33.4 Å². The molecule has 2 aromatic rings. The van der Waals surface area contributed by atoms with Crippen molar-refractivity contribution in [1.29, 1.82) is 0 Å². The lowest BCUT2D eigenvalue weighted by atomic mass is 9.76. The van der Waals surface area contributed by atoms with Crippen LogP contribution in [-0.2, 0) is 28.8 Å². The van der Waals surface area contributed by atoms with Gasteiger partial charge in [-0.2, -0.15) is 0 Å². The fourth-order valence-corrected chi connectivity index (χ4v) is 5.29. The molecule has 0 unspecified atom stereocenters. The zero-order valence-electron chi connectivity index (χ0n) is 17.2. The smallest absolute Gasteiger partial charge is 0.313 e. The Labute approximate surface area is 172 Å². The van der Waals surface area contributed by atoms with Gasteiger partial charge in [0.2, 0.25) is 0 Å². The van der Waals surface area contributed by atoms with Gasteiger partial charge >= 0.3 is 5.97 Å². The van der Waals surface area contributed by atoms with Crippen LogP contribution in [0, 0.1) is 10.8 Å². The van der Waals surface area contributed by atoms with Gasteiger partial charge in [0, 0.05) is 31.5 Å². The van der Waals surface area contributed by atoms with Crippen LogP contribution in [0.1, 0.15) is 29.5 Å². The van der Waals surface area contributed by atoms with Gasteiger partial charge in [0.25, 0.3) is 0 Å². The van der Waals surface area contributed by atoms with Gasteiger partial charge in [0.05, 0.1) is 19.1 Å². The van der Waals surface area contributed by atoms with Crippen molar-refractivity contribution in [1.82, 2.24) is 4.90 Å². The van der Waals surface area contributed by atoms with Gasteiger partial charge in [-0.15, -0.1) is 0 Å². The van der Waals surface area contributed by atoms with Crippen molar-refractivity contribution in [3.8, 4) is 5.75 Å². The molecule has 1 heterocycles. The van der Waals surface area contributed by atoms with E-state index in [0.717, 1.165) is 57.5 Å². The number of likely N-dealkylation sites (tertiary alicyclic amines) is 1. The summed E-state index contributed by atoms with van der Waals surface area (Å²) in [5.74, 6) is 0.959. The number of carbonyl (C=O) groups excluding carboxylic acids is 1. The molecule has 152 valence electrons. The minimum atomic E-state index is -0.207. The molecule has 29 heavy (non-hydrogen) atoms. The van der Waals surface area contributed by atoms with E-state index in [4.69, 9.17) is 9.47 Å². The molecule has 5 rings (SSSR count). The first-order valence-electron chi connectivity index (χ1n) is 10.7. The maximum atomic E-state index is 12.0. The molecule has 1 saturated heterocycles. The Bertz CT molecular complexity index is 898. The summed E-state index contributed by atoms with van der Waals surface area (Å²) in [5.41, 5.74) is 4.37. The molecule has 0 N–H and O–H groups in total. The van der Waals surface area contributed by atoms with E-state index < -0.39 is 0 Å². The van der Waals surface area contributed by atoms with Crippen molar-refractivity contribution in [3.63, 3.8) is 0 Å². The quantitative estimate of drug-likeness (QED) is 0.675. The average molecular weight is 392 g/mol. The molecule has 0 radical (unpaired) electrons. The first-order chi connectivity index (χ1) is 14.1. The summed E-state index contributed by atoms with van der Waals surface area (Å²) in [6.45, 7) is 3.75. The molecule has 3 aliphatic rings. The molecule has 0 aromatic heterocycles. The van der Waals surface area contributed by atoms with Crippen LogP contribution >= 0.6 is 0 Å². The lowest BCUT2D eigenvalue weighted by Gasteiger charge is -2.49. The number of hydrogen-bond acceptors (Lipinski definition) is 4. The van der Waals surface area contributed by atoms with Crippen molar-refractivity contribution >= 4 is 5.97 Å². The first kappa shape index (κ1) is 18.7. The van der Waals surface area contributed by atoms with Gasteiger partial charge in [-0.3, -0.25) is 4.79 Å². The number of rotatable bonds is 7. The predicted octanol–water partition coefficient (Wildman–Crippen LogP) is 3.66. The molecule has 0 atom stereocenters. The van der Waals surface area contributed by atoms with Gasteiger partial charge in [-0.1, -0.05) is 36.4 Å². The summed E-state index contributed by atoms with van der Waals surface area (Å²) in [5, 5.41) is 0. The number of esters is 1. The Balaban J connectivity index is 1.14. The van der Waals surface area contributed by atoms with Crippen LogP contribution in [0.25, 0.3) is 0 Å². The van der Waals surface area contributed by atoms with Crippen molar-refractivity contribution in [2.45, 2.75) is 32.1 Å². The maximum Gasteiger partial charge on any atom is 0.313 e. The molecule has 2 fully saturated rings. The van der Waals surface area contributed by atoms with Crippen LogP contribution < -0.4 is 4.74 Å². The maximum absolute atomic E-state index is 12.0. The number of benzene rings is 2. The van der Waals surface area contributed by atoms with E-state index in [1.54, 1.807) is 0 Å². The number of carbonyl (C=O) groups is 1. The normalized spacial score (nSPS) is 20.7. The number of ether oxygens (including phenoxy) is 2. The van der Waals surface area contributed by atoms with Gasteiger partial charge in [-0.05, 0) is 54.5 Å². The number of methoxy groups -OCH3 is 1. The standard InChI is InChI=1S/C25H29NO3/c1-28-23(27)25(10-11-25)18-26-16-24(17-26)14-20-7-8-22(13-21(20)15-24)29-12-9-19-5-3-2-4-6-19/h2-8,13H,9-12,14-18H2,1H3.